The second-order valence-electron chi connectivity index (χ2n) is 7.88. The number of halogens is 3. The van der Waals surface area contributed by atoms with Gasteiger partial charge in [0.1, 0.15) is 11.6 Å². The lowest BCUT2D eigenvalue weighted by Gasteiger charge is -2.12. The zero-order valence-electron chi connectivity index (χ0n) is 18.0. The molecule has 4 aromatic rings. The fourth-order valence-electron chi connectivity index (χ4n) is 3.82. The third kappa shape index (κ3) is 5.73. The van der Waals surface area contributed by atoms with Crippen molar-refractivity contribution in [1.29, 1.82) is 0 Å². The number of hydrogen-bond acceptors (Lipinski definition) is 2. The molecule has 1 N–H and O–H groups in total. The molecular formula is C26H24Cl2FN3O. The smallest absolute Gasteiger partial charge is 0.251 e. The van der Waals surface area contributed by atoms with Crippen LogP contribution in [0.1, 0.15) is 41.0 Å². The summed E-state index contributed by atoms with van der Waals surface area (Å²) < 4.78 is 15.2. The molecule has 0 atom stereocenters. The summed E-state index contributed by atoms with van der Waals surface area (Å²) in [6.07, 6.45) is 3.54. The zero-order chi connectivity index (χ0) is 23.2. The minimum Gasteiger partial charge on any atom is -0.352 e. The van der Waals surface area contributed by atoms with E-state index >= 15 is 0 Å². The lowest BCUT2D eigenvalue weighted by Crippen LogP contribution is -2.24. The van der Waals surface area contributed by atoms with Crippen LogP contribution in [0.4, 0.5) is 4.39 Å². The van der Waals surface area contributed by atoms with Gasteiger partial charge in [-0.25, -0.2) is 9.37 Å². The maximum absolute atomic E-state index is 13.0. The van der Waals surface area contributed by atoms with Crippen LogP contribution in [0.15, 0.2) is 66.7 Å². The number of nitrogens with one attached hydrogen (secondary N) is 1. The number of nitrogens with zero attached hydrogens (tertiary/aromatic N) is 2. The van der Waals surface area contributed by atoms with E-state index in [4.69, 9.17) is 28.2 Å². The summed E-state index contributed by atoms with van der Waals surface area (Å²) in [6.45, 7) is 1.13. The Kier molecular flexibility index (Phi) is 7.63. The van der Waals surface area contributed by atoms with Crippen LogP contribution in [0, 0.1) is 5.82 Å². The predicted molar refractivity (Wildman–Crippen MR) is 132 cm³/mol. The normalized spacial score (nSPS) is 11.1. The minimum atomic E-state index is -0.352. The van der Waals surface area contributed by atoms with E-state index in [2.05, 4.69) is 16.0 Å². The van der Waals surface area contributed by atoms with Crippen LogP contribution in [-0.2, 0) is 13.0 Å². The van der Waals surface area contributed by atoms with E-state index in [1.165, 1.54) is 24.3 Å². The van der Waals surface area contributed by atoms with Crippen LogP contribution < -0.4 is 5.32 Å². The van der Waals surface area contributed by atoms with E-state index in [9.17, 15) is 9.18 Å². The van der Waals surface area contributed by atoms with Crippen LogP contribution in [0.2, 0.25) is 10.0 Å². The highest BCUT2D eigenvalue weighted by Crippen LogP contribution is 2.28. The topological polar surface area (TPSA) is 46.9 Å². The molecular weight excluding hydrogens is 460 g/mol. The highest BCUT2D eigenvalue weighted by molar-refractivity contribution is 6.36. The third-order valence-corrected chi connectivity index (χ3v) is 6.29. The molecule has 1 amide bonds. The first-order valence-electron chi connectivity index (χ1n) is 10.9. The molecule has 7 heteroatoms. The number of para-hydroxylation sites is 2. The Labute approximate surface area is 202 Å². The number of imidazole rings is 1. The van der Waals surface area contributed by atoms with Crippen LogP contribution in [0.25, 0.3) is 11.0 Å². The number of carbonyl (C=O) groups excluding carboxylic acids is 1. The summed E-state index contributed by atoms with van der Waals surface area (Å²) in [4.78, 5) is 17.0. The molecule has 4 rings (SSSR count). The Bertz CT molecular complexity index is 1230. The van der Waals surface area contributed by atoms with Crippen LogP contribution in [-0.4, -0.2) is 22.0 Å². The molecule has 0 unspecified atom stereocenters. The van der Waals surface area contributed by atoms with Crippen molar-refractivity contribution in [3.05, 3.63) is 99.5 Å². The maximum atomic E-state index is 13.0. The minimum absolute atomic E-state index is 0.187. The number of unbranched alkanes of at least 4 members (excludes halogenated alkanes) is 2. The maximum Gasteiger partial charge on any atom is 0.251 e. The second kappa shape index (κ2) is 10.8. The monoisotopic (exact) mass is 483 g/mol. The van der Waals surface area contributed by atoms with E-state index < -0.39 is 0 Å². The van der Waals surface area contributed by atoms with Gasteiger partial charge >= 0.3 is 0 Å². The highest BCUT2D eigenvalue weighted by Gasteiger charge is 2.14. The van der Waals surface area contributed by atoms with Crippen molar-refractivity contribution in [3.8, 4) is 0 Å². The number of aryl methyl sites for hydroxylation is 1. The largest absolute Gasteiger partial charge is 0.352 e. The average molecular weight is 484 g/mol. The molecule has 0 aliphatic carbocycles. The van der Waals surface area contributed by atoms with E-state index in [1.54, 1.807) is 0 Å². The molecule has 33 heavy (non-hydrogen) atoms. The van der Waals surface area contributed by atoms with Crippen molar-refractivity contribution in [2.75, 3.05) is 6.54 Å². The number of carbonyl (C=O) groups is 1. The van der Waals surface area contributed by atoms with Gasteiger partial charge in [0.15, 0.2) is 0 Å². The number of amides is 1. The summed E-state index contributed by atoms with van der Waals surface area (Å²) in [5.41, 5.74) is 3.34. The van der Waals surface area contributed by atoms with Crippen molar-refractivity contribution in [1.82, 2.24) is 14.9 Å². The van der Waals surface area contributed by atoms with Crippen molar-refractivity contribution in [3.63, 3.8) is 0 Å². The first-order chi connectivity index (χ1) is 16.0. The summed E-state index contributed by atoms with van der Waals surface area (Å²) in [5, 5.41) is 4.17. The summed E-state index contributed by atoms with van der Waals surface area (Å²) in [6, 6.07) is 19.1. The third-order valence-electron chi connectivity index (χ3n) is 5.58. The van der Waals surface area contributed by atoms with Gasteiger partial charge in [-0.1, -0.05) is 47.8 Å². The number of rotatable bonds is 9. The number of benzene rings is 3. The molecule has 3 aromatic carbocycles. The Morgan fingerprint density at radius 2 is 1.64 bits per heavy atom. The Morgan fingerprint density at radius 1 is 0.909 bits per heavy atom. The molecule has 0 saturated carbocycles. The Hall–Kier alpha value is -2.89. The summed E-state index contributed by atoms with van der Waals surface area (Å²) in [5.74, 6) is 0.449. The van der Waals surface area contributed by atoms with Gasteiger partial charge in [0.05, 0.1) is 17.6 Å². The molecule has 4 nitrogen and oxygen atoms in total. The van der Waals surface area contributed by atoms with Crippen LogP contribution in [0.3, 0.4) is 0 Å². The van der Waals surface area contributed by atoms with Crippen molar-refractivity contribution >= 4 is 40.1 Å². The zero-order valence-corrected chi connectivity index (χ0v) is 19.5. The molecule has 0 saturated heterocycles. The second-order valence-corrected chi connectivity index (χ2v) is 8.69. The van der Waals surface area contributed by atoms with Gasteiger partial charge in [0, 0.05) is 34.1 Å². The van der Waals surface area contributed by atoms with Crippen molar-refractivity contribution in [2.24, 2.45) is 0 Å². The Balaban J connectivity index is 1.35. The molecule has 0 spiro atoms. The van der Waals surface area contributed by atoms with Gasteiger partial charge in [0.2, 0.25) is 0 Å². The molecule has 1 heterocycles. The van der Waals surface area contributed by atoms with Crippen molar-refractivity contribution in [2.45, 2.75) is 32.2 Å². The molecule has 0 aliphatic rings. The van der Waals surface area contributed by atoms with Gasteiger partial charge in [-0.15, -0.1) is 0 Å². The van der Waals surface area contributed by atoms with E-state index in [0.29, 0.717) is 28.7 Å². The standard InChI is InChI=1S/C26H24Cl2FN3O/c27-21-7-6-8-22(28)20(21)17-32-24-10-4-3-9-23(24)31-25(32)11-2-1-5-16-30-26(33)18-12-14-19(29)15-13-18/h3-4,6-10,12-15H,1-2,5,11,16-17H2,(H,30,33). The number of fused-ring (bicyclic) bond motifs is 1. The first-order valence-corrected chi connectivity index (χ1v) is 11.7. The molecule has 0 bridgehead atoms. The lowest BCUT2D eigenvalue weighted by atomic mass is 10.1. The fraction of sp³-hybridized carbons (Fsp3) is 0.231. The van der Waals surface area contributed by atoms with Crippen LogP contribution >= 0.6 is 23.2 Å². The number of hydrogen-bond donors (Lipinski definition) is 1. The van der Waals surface area contributed by atoms with Gasteiger partial charge in [-0.05, 0) is 61.4 Å². The van der Waals surface area contributed by atoms with Crippen LogP contribution in [0.5, 0.6) is 0 Å². The lowest BCUT2D eigenvalue weighted by molar-refractivity contribution is 0.0953. The number of aromatic nitrogens is 2. The fourth-order valence-corrected chi connectivity index (χ4v) is 4.34. The molecule has 0 aliphatic heterocycles. The van der Waals surface area contributed by atoms with Gasteiger partial charge in [0.25, 0.3) is 5.91 Å². The van der Waals surface area contributed by atoms with Crippen molar-refractivity contribution < 1.29 is 9.18 Å². The Morgan fingerprint density at radius 3 is 2.39 bits per heavy atom. The quantitative estimate of drug-likeness (QED) is 0.270. The van der Waals surface area contributed by atoms with Gasteiger partial charge in [-0.2, -0.15) is 0 Å². The summed E-state index contributed by atoms with van der Waals surface area (Å²) in [7, 11) is 0. The molecule has 0 radical (unpaired) electrons. The van der Waals surface area contributed by atoms with E-state index in [-0.39, 0.29) is 11.7 Å². The first kappa shape index (κ1) is 23.3. The van der Waals surface area contributed by atoms with Gasteiger partial charge in [-0.3, -0.25) is 4.79 Å². The summed E-state index contributed by atoms with van der Waals surface area (Å²) >= 11 is 12.8. The average Bonchev–Trinajstić information content (AvgIpc) is 3.16. The molecule has 1 aromatic heterocycles. The van der Waals surface area contributed by atoms with E-state index in [1.807, 2.05) is 36.4 Å². The predicted octanol–water partition coefficient (Wildman–Crippen LogP) is 6.67. The highest BCUT2D eigenvalue weighted by atomic mass is 35.5. The molecule has 0 fully saturated rings. The molecule has 170 valence electrons. The van der Waals surface area contributed by atoms with Gasteiger partial charge < -0.3 is 9.88 Å². The van der Waals surface area contributed by atoms with E-state index in [0.717, 1.165) is 48.1 Å². The SMILES string of the molecule is O=C(NCCCCCc1nc2ccccc2n1Cc1c(Cl)cccc1Cl)c1ccc(F)cc1.